The topological polar surface area (TPSA) is 72.6 Å². The van der Waals surface area contributed by atoms with Crippen molar-refractivity contribution in [3.05, 3.63) is 28.6 Å². The molecule has 2 unspecified atom stereocenters. The molecule has 7 heteroatoms. The lowest BCUT2D eigenvalue weighted by atomic mass is 10.1. The van der Waals surface area contributed by atoms with Gasteiger partial charge < -0.3 is 14.1 Å². The number of fused-ring (bicyclic) bond motifs is 1. The quantitative estimate of drug-likeness (QED) is 0.517. The van der Waals surface area contributed by atoms with Gasteiger partial charge in [0.2, 0.25) is 0 Å². The van der Waals surface area contributed by atoms with Crippen molar-refractivity contribution in [1.29, 1.82) is 0 Å². The van der Waals surface area contributed by atoms with E-state index in [2.05, 4.69) is 23.7 Å². The van der Waals surface area contributed by atoms with E-state index in [-0.39, 0.29) is 23.6 Å². The number of aryl methyl sites for hydroxylation is 1. The van der Waals surface area contributed by atoms with Crippen LogP contribution in [-0.2, 0) is 9.53 Å². The number of ketones is 1. The summed E-state index contributed by atoms with van der Waals surface area (Å²) in [7, 11) is 0. The van der Waals surface area contributed by atoms with Gasteiger partial charge >= 0.3 is 5.97 Å². The average molecular weight is 379 g/mol. The molecule has 0 spiro atoms. The molecule has 2 atom stereocenters. The number of oxazole rings is 1. The fourth-order valence-electron chi connectivity index (χ4n) is 3.13. The highest BCUT2D eigenvalue weighted by Gasteiger charge is 2.49. The number of Topliss-reactive ketones (excluding diaryl/α,β-unsaturated/α-hetero) is 1. The number of carbonyl (C=O) groups is 2. The van der Waals surface area contributed by atoms with E-state index in [0.29, 0.717) is 47.1 Å². The minimum absolute atomic E-state index is 0.0971. The summed E-state index contributed by atoms with van der Waals surface area (Å²) in [6, 6.07) is 3.25. The van der Waals surface area contributed by atoms with Gasteiger partial charge in [-0.05, 0) is 31.6 Å². The molecule has 2 aromatic rings. The number of halogens is 1. The van der Waals surface area contributed by atoms with Gasteiger partial charge in [0.25, 0.3) is 0 Å². The lowest BCUT2D eigenvalue weighted by Crippen LogP contribution is -2.28. The maximum absolute atomic E-state index is 12.7. The molecule has 3 rings (SSSR count). The van der Waals surface area contributed by atoms with Crippen LogP contribution in [0.15, 0.2) is 16.5 Å². The highest BCUT2D eigenvalue weighted by atomic mass is 35.5. The van der Waals surface area contributed by atoms with Crippen LogP contribution in [-0.4, -0.2) is 47.9 Å². The van der Waals surface area contributed by atoms with Crippen LogP contribution in [0.1, 0.15) is 36.5 Å². The normalized spacial score (nSPS) is 19.1. The molecule has 140 valence electrons. The van der Waals surface area contributed by atoms with Gasteiger partial charge in [-0.1, -0.05) is 25.4 Å². The highest BCUT2D eigenvalue weighted by Crippen LogP contribution is 2.42. The molecule has 1 aliphatic rings. The van der Waals surface area contributed by atoms with Gasteiger partial charge in [0.05, 0.1) is 10.9 Å². The van der Waals surface area contributed by atoms with Crippen LogP contribution in [0.5, 0.6) is 0 Å². The largest absolute Gasteiger partial charge is 0.464 e. The molecule has 1 aliphatic carbocycles. The van der Waals surface area contributed by atoms with Crippen molar-refractivity contribution in [2.45, 2.75) is 27.2 Å². The predicted octanol–water partition coefficient (Wildman–Crippen LogP) is 3.49. The predicted molar refractivity (Wildman–Crippen MR) is 98.4 cm³/mol. The van der Waals surface area contributed by atoms with Gasteiger partial charge in [0.15, 0.2) is 17.3 Å². The van der Waals surface area contributed by atoms with Crippen molar-refractivity contribution < 1.29 is 18.7 Å². The van der Waals surface area contributed by atoms with Crippen molar-refractivity contribution in [2.24, 2.45) is 11.8 Å². The maximum Gasteiger partial charge on any atom is 0.309 e. The second kappa shape index (κ2) is 7.76. The summed E-state index contributed by atoms with van der Waals surface area (Å²) >= 11 is 6.19. The van der Waals surface area contributed by atoms with Crippen LogP contribution in [0.25, 0.3) is 11.1 Å². The zero-order valence-corrected chi connectivity index (χ0v) is 16.0. The number of benzene rings is 1. The number of likely N-dealkylation sites (N-methyl/N-ethyl adjacent to an activating group) is 1. The van der Waals surface area contributed by atoms with E-state index in [4.69, 9.17) is 20.8 Å². The van der Waals surface area contributed by atoms with Crippen molar-refractivity contribution in [1.82, 2.24) is 9.88 Å². The first kappa shape index (κ1) is 18.9. The Balaban J connectivity index is 1.59. The summed E-state index contributed by atoms with van der Waals surface area (Å²) in [6.45, 7) is 8.77. The Hall–Kier alpha value is -1.92. The maximum atomic E-state index is 12.7. The minimum atomic E-state index is -0.354. The van der Waals surface area contributed by atoms with E-state index in [1.807, 2.05) is 0 Å². The molecule has 1 fully saturated rings. The van der Waals surface area contributed by atoms with Crippen molar-refractivity contribution in [3.8, 4) is 0 Å². The van der Waals surface area contributed by atoms with E-state index in [9.17, 15) is 9.59 Å². The first-order valence-electron chi connectivity index (χ1n) is 8.94. The number of ether oxygens (including phenoxy) is 1. The number of nitrogens with zero attached hydrogens (tertiary/aromatic N) is 2. The Morgan fingerprint density at radius 1 is 1.31 bits per heavy atom. The van der Waals surface area contributed by atoms with Gasteiger partial charge in [0.1, 0.15) is 12.1 Å². The third kappa shape index (κ3) is 3.91. The first-order chi connectivity index (χ1) is 12.4. The molecule has 0 aliphatic heterocycles. The molecule has 0 N–H and O–H groups in total. The smallest absolute Gasteiger partial charge is 0.309 e. The third-order valence-electron chi connectivity index (χ3n) is 4.81. The molecule has 0 bridgehead atoms. The molecule has 1 aromatic carbocycles. The summed E-state index contributed by atoms with van der Waals surface area (Å²) < 4.78 is 10.7. The Morgan fingerprint density at radius 3 is 2.73 bits per heavy atom. The number of rotatable bonds is 8. The molecule has 1 heterocycles. The molecule has 0 saturated heterocycles. The molecule has 6 nitrogen and oxygen atoms in total. The van der Waals surface area contributed by atoms with E-state index < -0.39 is 0 Å². The van der Waals surface area contributed by atoms with Gasteiger partial charge in [-0.25, -0.2) is 4.98 Å². The van der Waals surface area contributed by atoms with Crippen molar-refractivity contribution in [3.63, 3.8) is 0 Å². The molecule has 0 amide bonds. The summed E-state index contributed by atoms with van der Waals surface area (Å²) in [5.74, 6) is -0.585. The fourth-order valence-corrected chi connectivity index (χ4v) is 3.38. The number of esters is 1. The number of hydrogen-bond acceptors (Lipinski definition) is 6. The second-order valence-electron chi connectivity index (χ2n) is 6.55. The van der Waals surface area contributed by atoms with Crippen LogP contribution in [0, 0.1) is 18.8 Å². The van der Waals surface area contributed by atoms with Crippen molar-refractivity contribution >= 4 is 34.5 Å². The summed E-state index contributed by atoms with van der Waals surface area (Å²) in [5, 5.41) is 0.352. The fraction of sp³-hybridized carbons (Fsp3) is 0.526. The Kier molecular flexibility index (Phi) is 5.63. The second-order valence-corrected chi connectivity index (χ2v) is 6.95. The van der Waals surface area contributed by atoms with Gasteiger partial charge in [-0.3, -0.25) is 9.59 Å². The average Bonchev–Trinajstić information content (AvgIpc) is 3.33. The van der Waals surface area contributed by atoms with Crippen LogP contribution in [0.3, 0.4) is 0 Å². The van der Waals surface area contributed by atoms with Gasteiger partial charge in [-0.15, -0.1) is 0 Å². The van der Waals surface area contributed by atoms with Crippen LogP contribution in [0.2, 0.25) is 5.02 Å². The number of aromatic nitrogens is 1. The molecular weight excluding hydrogens is 356 g/mol. The molecule has 26 heavy (non-hydrogen) atoms. The highest BCUT2D eigenvalue weighted by molar-refractivity contribution is 6.35. The standard InChI is InChI=1S/C19H23ClN2O4/c1-4-22(5-2)6-7-25-19(24)14-10-13(14)17(23)12-8-15(20)18-16(9-12)21-11(3)26-18/h8-9,13-14H,4-7,10H2,1-3H3. The van der Waals surface area contributed by atoms with Crippen LogP contribution < -0.4 is 0 Å². The van der Waals surface area contributed by atoms with Crippen molar-refractivity contribution in [2.75, 3.05) is 26.2 Å². The summed E-state index contributed by atoms with van der Waals surface area (Å²) in [4.78, 5) is 31.2. The van der Waals surface area contributed by atoms with E-state index in [1.54, 1.807) is 19.1 Å². The monoisotopic (exact) mass is 378 g/mol. The Morgan fingerprint density at radius 2 is 2.04 bits per heavy atom. The zero-order valence-electron chi connectivity index (χ0n) is 15.3. The van der Waals surface area contributed by atoms with E-state index >= 15 is 0 Å². The molecule has 0 radical (unpaired) electrons. The summed E-state index contributed by atoms with van der Waals surface area (Å²) in [5.41, 5.74) is 1.49. The lowest BCUT2D eigenvalue weighted by Gasteiger charge is -2.17. The molecule has 1 saturated carbocycles. The SMILES string of the molecule is CCN(CC)CCOC(=O)C1CC1C(=O)c1cc(Cl)c2oc(C)nc2c1. The van der Waals surface area contributed by atoms with Crippen LogP contribution >= 0.6 is 11.6 Å². The van der Waals surface area contributed by atoms with Gasteiger partial charge in [0, 0.05) is 24.9 Å². The first-order valence-corrected chi connectivity index (χ1v) is 9.32. The Labute approximate surface area is 157 Å². The minimum Gasteiger partial charge on any atom is -0.464 e. The third-order valence-corrected chi connectivity index (χ3v) is 5.09. The number of hydrogen-bond donors (Lipinski definition) is 0. The molecular formula is C19H23ClN2O4. The van der Waals surface area contributed by atoms with Gasteiger partial charge in [-0.2, -0.15) is 0 Å². The Bertz CT molecular complexity index is 828. The van der Waals surface area contributed by atoms with E-state index in [1.165, 1.54) is 0 Å². The zero-order chi connectivity index (χ0) is 18.8. The molecule has 1 aromatic heterocycles. The van der Waals surface area contributed by atoms with Crippen LogP contribution in [0.4, 0.5) is 0 Å². The van der Waals surface area contributed by atoms with E-state index in [0.717, 1.165) is 13.1 Å². The lowest BCUT2D eigenvalue weighted by molar-refractivity contribution is -0.145. The number of carbonyl (C=O) groups excluding carboxylic acids is 2. The summed E-state index contributed by atoms with van der Waals surface area (Å²) in [6.07, 6.45) is 0.524.